The molecule has 0 aromatic carbocycles. The van der Waals surface area contributed by atoms with Crippen molar-refractivity contribution in [3.05, 3.63) is 54.3 Å². The molecule has 1 saturated heterocycles. The molecule has 4 rings (SSSR count). The van der Waals surface area contributed by atoms with Gasteiger partial charge in [0, 0.05) is 49.7 Å². The monoisotopic (exact) mass is 380 g/mol. The van der Waals surface area contributed by atoms with Gasteiger partial charge in [0.1, 0.15) is 12.2 Å². The van der Waals surface area contributed by atoms with E-state index in [2.05, 4.69) is 20.6 Å². The number of rotatable bonds is 6. The van der Waals surface area contributed by atoms with Crippen LogP contribution in [0.15, 0.2) is 47.4 Å². The Morgan fingerprint density at radius 1 is 1.43 bits per heavy atom. The van der Waals surface area contributed by atoms with Crippen LogP contribution in [0, 0.1) is 0 Å². The Labute approximate surface area is 163 Å². The molecule has 0 bridgehead atoms. The van der Waals surface area contributed by atoms with E-state index in [-0.39, 0.29) is 12.5 Å². The molecule has 1 aliphatic heterocycles. The second-order valence-electron chi connectivity index (χ2n) is 7.15. The number of nitrogens with zero attached hydrogens (tertiary/aromatic N) is 5. The number of hydrogen-bond donors (Lipinski definition) is 1. The first-order valence-corrected chi connectivity index (χ1v) is 9.53. The van der Waals surface area contributed by atoms with E-state index in [9.17, 15) is 4.79 Å². The van der Waals surface area contributed by atoms with Gasteiger partial charge < -0.3 is 14.7 Å². The minimum Gasteiger partial charge on any atom is -0.359 e. The summed E-state index contributed by atoms with van der Waals surface area (Å²) in [7, 11) is 1.75. The molecule has 8 nitrogen and oxygen atoms in total. The van der Waals surface area contributed by atoms with Gasteiger partial charge in [-0.05, 0) is 37.6 Å². The number of aromatic nitrogens is 4. The van der Waals surface area contributed by atoms with Crippen molar-refractivity contribution < 1.29 is 9.32 Å². The number of pyridine rings is 1. The van der Waals surface area contributed by atoms with Gasteiger partial charge in [-0.15, -0.1) is 0 Å². The van der Waals surface area contributed by atoms with Gasteiger partial charge in [-0.2, -0.15) is 5.10 Å². The molecule has 1 amide bonds. The van der Waals surface area contributed by atoms with Crippen LogP contribution in [0.5, 0.6) is 0 Å². The maximum absolute atomic E-state index is 12.6. The number of nitrogens with one attached hydrogen (secondary N) is 1. The molecule has 0 radical (unpaired) electrons. The number of amides is 1. The third-order valence-corrected chi connectivity index (χ3v) is 5.01. The topological polar surface area (TPSA) is 89.1 Å². The molecule has 0 saturated carbocycles. The van der Waals surface area contributed by atoms with Crippen LogP contribution in [0.1, 0.15) is 30.2 Å². The fourth-order valence-electron chi connectivity index (χ4n) is 3.41. The minimum absolute atomic E-state index is 0.0317. The van der Waals surface area contributed by atoms with Crippen LogP contribution in [-0.4, -0.2) is 50.9 Å². The Morgan fingerprint density at radius 3 is 3.14 bits per heavy atom. The predicted octanol–water partition coefficient (Wildman–Crippen LogP) is 2.06. The average Bonchev–Trinajstić information content (AvgIpc) is 3.39. The van der Waals surface area contributed by atoms with Gasteiger partial charge in [0.15, 0.2) is 5.76 Å². The second kappa shape index (κ2) is 8.35. The van der Waals surface area contributed by atoms with Crippen molar-refractivity contribution in [1.29, 1.82) is 0 Å². The lowest BCUT2D eigenvalue weighted by atomic mass is 9.97. The van der Waals surface area contributed by atoms with Crippen molar-refractivity contribution in [2.24, 2.45) is 0 Å². The number of piperidine rings is 1. The van der Waals surface area contributed by atoms with Crippen LogP contribution in [0.4, 0.5) is 0 Å². The first-order valence-electron chi connectivity index (χ1n) is 9.53. The standard InChI is InChI=1S/C20H24N6O2/c1-25(13-17-10-19(24-28-17)16-5-3-8-22-12-16)20(27)14-26-9-6-18(23-26)15-4-2-7-21-11-15/h3,5-6,8-10,12,15,21H,2,4,7,11,13-14H2,1H3/t15-/m0/s1. The Bertz CT molecular complexity index is 914. The lowest BCUT2D eigenvalue weighted by molar-refractivity contribution is -0.131. The number of likely N-dealkylation sites (N-methyl/N-ethyl adjacent to an activating group) is 1. The summed E-state index contributed by atoms with van der Waals surface area (Å²) < 4.78 is 7.09. The van der Waals surface area contributed by atoms with Gasteiger partial charge in [-0.1, -0.05) is 5.16 Å². The molecule has 146 valence electrons. The van der Waals surface area contributed by atoms with Gasteiger partial charge in [-0.3, -0.25) is 14.5 Å². The quantitative estimate of drug-likeness (QED) is 0.704. The molecule has 0 unspecified atom stereocenters. The van der Waals surface area contributed by atoms with Gasteiger partial charge in [0.05, 0.1) is 12.2 Å². The largest absolute Gasteiger partial charge is 0.359 e. The highest BCUT2D eigenvalue weighted by Gasteiger charge is 2.19. The summed E-state index contributed by atoms with van der Waals surface area (Å²) in [4.78, 5) is 18.3. The zero-order valence-corrected chi connectivity index (χ0v) is 15.9. The molecule has 0 aliphatic carbocycles. The summed E-state index contributed by atoms with van der Waals surface area (Å²) in [5, 5.41) is 12.1. The molecule has 4 heterocycles. The first-order chi connectivity index (χ1) is 13.7. The molecule has 28 heavy (non-hydrogen) atoms. The highest BCUT2D eigenvalue weighted by molar-refractivity contribution is 5.75. The smallest absolute Gasteiger partial charge is 0.244 e. The van der Waals surface area contributed by atoms with E-state index >= 15 is 0 Å². The Morgan fingerprint density at radius 2 is 2.36 bits per heavy atom. The van der Waals surface area contributed by atoms with Crippen molar-refractivity contribution >= 4 is 5.91 Å². The van der Waals surface area contributed by atoms with E-state index in [1.807, 2.05) is 30.5 Å². The number of hydrogen-bond acceptors (Lipinski definition) is 6. The van der Waals surface area contributed by atoms with Gasteiger partial charge in [-0.25, -0.2) is 0 Å². The fourth-order valence-corrected chi connectivity index (χ4v) is 3.41. The normalized spacial score (nSPS) is 16.8. The summed E-state index contributed by atoms with van der Waals surface area (Å²) >= 11 is 0. The van der Waals surface area contributed by atoms with E-state index in [0.29, 0.717) is 23.9 Å². The molecule has 1 aliphatic rings. The Hall–Kier alpha value is -3.00. The van der Waals surface area contributed by atoms with Gasteiger partial charge in [0.25, 0.3) is 0 Å². The van der Waals surface area contributed by atoms with Crippen LogP contribution < -0.4 is 5.32 Å². The summed E-state index contributed by atoms with van der Waals surface area (Å²) in [5.41, 5.74) is 2.65. The first kappa shape index (κ1) is 18.4. The summed E-state index contributed by atoms with van der Waals surface area (Å²) in [6.45, 7) is 2.59. The van der Waals surface area contributed by atoms with Crippen LogP contribution in [-0.2, 0) is 17.9 Å². The van der Waals surface area contributed by atoms with Gasteiger partial charge >= 0.3 is 0 Å². The number of carbonyl (C=O) groups excluding carboxylic acids is 1. The van der Waals surface area contributed by atoms with Crippen LogP contribution in [0.25, 0.3) is 11.3 Å². The summed E-state index contributed by atoms with van der Waals surface area (Å²) in [6.07, 6.45) is 7.63. The molecule has 3 aromatic rings. The maximum atomic E-state index is 12.6. The third kappa shape index (κ3) is 4.28. The molecule has 0 spiro atoms. The van der Waals surface area contributed by atoms with Gasteiger partial charge in [0.2, 0.25) is 5.91 Å². The van der Waals surface area contributed by atoms with Crippen LogP contribution in [0.3, 0.4) is 0 Å². The Kier molecular flexibility index (Phi) is 5.48. The van der Waals surface area contributed by atoms with Crippen molar-refractivity contribution in [3.8, 4) is 11.3 Å². The second-order valence-corrected chi connectivity index (χ2v) is 7.15. The molecular weight excluding hydrogens is 356 g/mol. The van der Waals surface area contributed by atoms with Crippen LogP contribution in [0.2, 0.25) is 0 Å². The van der Waals surface area contributed by atoms with Crippen molar-refractivity contribution in [1.82, 2.24) is 30.1 Å². The minimum atomic E-state index is -0.0317. The highest BCUT2D eigenvalue weighted by atomic mass is 16.5. The fraction of sp³-hybridized carbons (Fsp3) is 0.400. The SMILES string of the molecule is CN(Cc1cc(-c2cccnc2)no1)C(=O)Cn1ccc([C@H]2CCCNC2)n1. The highest BCUT2D eigenvalue weighted by Crippen LogP contribution is 2.21. The summed E-state index contributed by atoms with van der Waals surface area (Å²) in [6, 6.07) is 7.62. The average molecular weight is 380 g/mol. The molecule has 1 fully saturated rings. The molecule has 8 heteroatoms. The van der Waals surface area contributed by atoms with Crippen molar-refractivity contribution in [2.45, 2.75) is 31.8 Å². The van der Waals surface area contributed by atoms with E-state index in [0.717, 1.165) is 37.2 Å². The molecule has 3 aromatic heterocycles. The van der Waals surface area contributed by atoms with Crippen molar-refractivity contribution in [2.75, 3.05) is 20.1 Å². The van der Waals surface area contributed by atoms with E-state index in [1.165, 1.54) is 0 Å². The third-order valence-electron chi connectivity index (χ3n) is 5.01. The molecular formula is C20H24N6O2. The molecule has 1 N–H and O–H groups in total. The zero-order valence-electron chi connectivity index (χ0n) is 15.9. The summed E-state index contributed by atoms with van der Waals surface area (Å²) in [5.74, 6) is 1.03. The maximum Gasteiger partial charge on any atom is 0.244 e. The zero-order chi connectivity index (χ0) is 19.3. The van der Waals surface area contributed by atoms with Crippen LogP contribution >= 0.6 is 0 Å². The van der Waals surface area contributed by atoms with E-state index < -0.39 is 0 Å². The predicted molar refractivity (Wildman–Crippen MR) is 103 cm³/mol. The van der Waals surface area contributed by atoms with Crippen molar-refractivity contribution in [3.63, 3.8) is 0 Å². The molecule has 1 atom stereocenters. The Balaban J connectivity index is 1.34. The number of carbonyl (C=O) groups is 1. The lowest BCUT2D eigenvalue weighted by Gasteiger charge is -2.20. The van der Waals surface area contributed by atoms with E-state index in [1.54, 1.807) is 29.0 Å². The van der Waals surface area contributed by atoms with E-state index in [4.69, 9.17) is 4.52 Å². The lowest BCUT2D eigenvalue weighted by Crippen LogP contribution is -2.30.